The van der Waals surface area contributed by atoms with Crippen molar-refractivity contribution in [3.63, 3.8) is 0 Å². The lowest BCUT2D eigenvalue weighted by atomic mass is 10.2. The van der Waals surface area contributed by atoms with Crippen LogP contribution < -0.4 is 5.32 Å². The minimum atomic E-state index is -0.878. The van der Waals surface area contributed by atoms with Gasteiger partial charge < -0.3 is 5.11 Å². The number of carboxylic acid groups (broad SMARTS) is 1. The van der Waals surface area contributed by atoms with Gasteiger partial charge in [-0.2, -0.15) is 0 Å². The molecule has 0 aliphatic rings. The van der Waals surface area contributed by atoms with Crippen molar-refractivity contribution in [2.24, 2.45) is 5.92 Å². The predicted octanol–water partition coefficient (Wildman–Crippen LogP) is 1.51. The highest BCUT2D eigenvalue weighted by Gasteiger charge is 2.20. The van der Waals surface area contributed by atoms with Gasteiger partial charge in [-0.25, -0.2) is 4.98 Å². The Morgan fingerprint density at radius 2 is 2.43 bits per heavy atom. The van der Waals surface area contributed by atoms with Crippen LogP contribution in [0.2, 0.25) is 0 Å². The molecular weight excluding hydrogens is 200 g/mol. The zero-order valence-corrected chi connectivity index (χ0v) is 9.04. The summed E-state index contributed by atoms with van der Waals surface area (Å²) in [6.45, 7) is 4.74. The van der Waals surface area contributed by atoms with Crippen LogP contribution in [0, 0.1) is 5.92 Å². The maximum Gasteiger partial charge on any atom is 0.327 e. The molecular formula is C9H14N2O2S. The number of thiazole rings is 1. The molecule has 14 heavy (non-hydrogen) atoms. The van der Waals surface area contributed by atoms with Gasteiger partial charge in [0, 0.05) is 5.38 Å². The molecule has 0 radical (unpaired) electrons. The highest BCUT2D eigenvalue weighted by Crippen LogP contribution is 2.13. The summed E-state index contributed by atoms with van der Waals surface area (Å²) in [6, 6.07) is -0.677. The Kier molecular flexibility index (Phi) is 4.03. The van der Waals surface area contributed by atoms with E-state index in [0.717, 1.165) is 0 Å². The van der Waals surface area contributed by atoms with Crippen molar-refractivity contribution >= 4 is 17.3 Å². The van der Waals surface area contributed by atoms with Crippen molar-refractivity contribution in [3.8, 4) is 0 Å². The molecule has 1 atom stereocenters. The SMILES string of the molecule is CC(C)CNC(C(=O)O)c1cscn1. The molecule has 1 aromatic heterocycles. The molecule has 0 saturated carbocycles. The van der Waals surface area contributed by atoms with E-state index in [2.05, 4.69) is 10.3 Å². The lowest BCUT2D eigenvalue weighted by Crippen LogP contribution is -2.31. The molecule has 0 amide bonds. The molecule has 0 fully saturated rings. The predicted molar refractivity (Wildman–Crippen MR) is 55.3 cm³/mol. The molecule has 1 aromatic rings. The van der Waals surface area contributed by atoms with Crippen LogP contribution in [0.1, 0.15) is 25.6 Å². The third-order valence-corrected chi connectivity index (χ3v) is 2.33. The number of carbonyl (C=O) groups is 1. The molecule has 5 heteroatoms. The Morgan fingerprint density at radius 1 is 1.71 bits per heavy atom. The first-order valence-corrected chi connectivity index (χ1v) is 5.39. The van der Waals surface area contributed by atoms with Crippen LogP contribution in [0.25, 0.3) is 0 Å². The summed E-state index contributed by atoms with van der Waals surface area (Å²) in [5.74, 6) is -0.452. The Morgan fingerprint density at radius 3 is 2.86 bits per heavy atom. The Bertz CT molecular complexity index is 285. The fraction of sp³-hybridized carbons (Fsp3) is 0.556. The summed E-state index contributed by atoms with van der Waals surface area (Å²) in [6.07, 6.45) is 0. The largest absolute Gasteiger partial charge is 0.480 e. The molecule has 1 heterocycles. The highest BCUT2D eigenvalue weighted by molar-refractivity contribution is 7.07. The first kappa shape index (κ1) is 11.1. The first-order chi connectivity index (χ1) is 6.61. The summed E-state index contributed by atoms with van der Waals surface area (Å²) < 4.78 is 0. The lowest BCUT2D eigenvalue weighted by molar-refractivity contribution is -0.139. The Hall–Kier alpha value is -0.940. The molecule has 4 nitrogen and oxygen atoms in total. The van der Waals surface area contributed by atoms with Crippen LogP contribution in [0.3, 0.4) is 0 Å². The number of nitrogens with one attached hydrogen (secondary N) is 1. The summed E-state index contributed by atoms with van der Waals surface area (Å²) in [7, 11) is 0. The van der Waals surface area contributed by atoms with Crippen LogP contribution in [0.15, 0.2) is 10.9 Å². The lowest BCUT2D eigenvalue weighted by Gasteiger charge is -2.13. The molecule has 0 spiro atoms. The monoisotopic (exact) mass is 214 g/mol. The van der Waals surface area contributed by atoms with Gasteiger partial charge in [-0.3, -0.25) is 10.1 Å². The van der Waals surface area contributed by atoms with E-state index in [0.29, 0.717) is 18.2 Å². The van der Waals surface area contributed by atoms with E-state index < -0.39 is 12.0 Å². The summed E-state index contributed by atoms with van der Waals surface area (Å²) in [4.78, 5) is 14.9. The first-order valence-electron chi connectivity index (χ1n) is 4.45. The zero-order valence-electron chi connectivity index (χ0n) is 8.23. The standard InChI is InChI=1S/C9H14N2O2S/c1-6(2)3-10-8(9(12)13)7-4-14-5-11-7/h4-6,8,10H,3H2,1-2H3,(H,12,13). The van der Waals surface area contributed by atoms with Crippen molar-refractivity contribution in [1.29, 1.82) is 0 Å². The van der Waals surface area contributed by atoms with Gasteiger partial charge in [0.25, 0.3) is 0 Å². The van der Waals surface area contributed by atoms with E-state index in [1.54, 1.807) is 10.9 Å². The van der Waals surface area contributed by atoms with Gasteiger partial charge >= 0.3 is 5.97 Å². The van der Waals surface area contributed by atoms with Crippen LogP contribution in [0.4, 0.5) is 0 Å². The topological polar surface area (TPSA) is 62.2 Å². The number of hydrogen-bond acceptors (Lipinski definition) is 4. The second-order valence-electron chi connectivity index (χ2n) is 3.49. The normalized spacial score (nSPS) is 13.1. The second kappa shape index (κ2) is 5.07. The van der Waals surface area contributed by atoms with E-state index in [1.165, 1.54) is 11.3 Å². The van der Waals surface area contributed by atoms with Crippen LogP contribution >= 0.6 is 11.3 Å². The van der Waals surface area contributed by atoms with Gasteiger partial charge in [0.2, 0.25) is 0 Å². The number of hydrogen-bond donors (Lipinski definition) is 2. The fourth-order valence-electron chi connectivity index (χ4n) is 1.04. The smallest absolute Gasteiger partial charge is 0.327 e. The minimum Gasteiger partial charge on any atom is -0.480 e. The molecule has 0 bridgehead atoms. The number of rotatable bonds is 5. The molecule has 0 saturated heterocycles. The van der Waals surface area contributed by atoms with Gasteiger partial charge in [0.1, 0.15) is 6.04 Å². The average molecular weight is 214 g/mol. The molecule has 1 rings (SSSR count). The van der Waals surface area contributed by atoms with Gasteiger partial charge in [0.15, 0.2) is 0 Å². The maximum atomic E-state index is 10.9. The fourth-order valence-corrected chi connectivity index (χ4v) is 1.62. The Balaban J connectivity index is 2.61. The number of nitrogens with zero attached hydrogens (tertiary/aromatic N) is 1. The van der Waals surface area contributed by atoms with E-state index >= 15 is 0 Å². The van der Waals surface area contributed by atoms with Crippen LogP contribution in [0.5, 0.6) is 0 Å². The average Bonchev–Trinajstić information content (AvgIpc) is 2.56. The number of aromatic nitrogens is 1. The van der Waals surface area contributed by atoms with Gasteiger partial charge in [0.05, 0.1) is 11.2 Å². The van der Waals surface area contributed by atoms with E-state index in [4.69, 9.17) is 5.11 Å². The number of carboxylic acids is 1. The molecule has 78 valence electrons. The maximum absolute atomic E-state index is 10.9. The van der Waals surface area contributed by atoms with Crippen molar-refractivity contribution < 1.29 is 9.90 Å². The van der Waals surface area contributed by atoms with Crippen molar-refractivity contribution in [2.45, 2.75) is 19.9 Å². The molecule has 0 aliphatic carbocycles. The summed E-state index contributed by atoms with van der Waals surface area (Å²) in [5, 5.41) is 13.7. The minimum absolute atomic E-state index is 0.426. The van der Waals surface area contributed by atoms with Crippen molar-refractivity contribution in [1.82, 2.24) is 10.3 Å². The van der Waals surface area contributed by atoms with Crippen molar-refractivity contribution in [2.75, 3.05) is 6.54 Å². The summed E-state index contributed by atoms with van der Waals surface area (Å²) in [5.41, 5.74) is 2.23. The third-order valence-electron chi connectivity index (χ3n) is 1.72. The van der Waals surface area contributed by atoms with Crippen molar-refractivity contribution in [3.05, 3.63) is 16.6 Å². The molecule has 2 N–H and O–H groups in total. The van der Waals surface area contributed by atoms with Gasteiger partial charge in [-0.15, -0.1) is 11.3 Å². The van der Waals surface area contributed by atoms with Gasteiger partial charge in [-0.05, 0) is 12.5 Å². The summed E-state index contributed by atoms with van der Waals surface area (Å²) >= 11 is 1.41. The van der Waals surface area contributed by atoms with E-state index in [-0.39, 0.29) is 0 Å². The van der Waals surface area contributed by atoms with Crippen LogP contribution in [-0.4, -0.2) is 22.6 Å². The van der Waals surface area contributed by atoms with Gasteiger partial charge in [-0.1, -0.05) is 13.8 Å². The highest BCUT2D eigenvalue weighted by atomic mass is 32.1. The molecule has 0 aliphatic heterocycles. The Labute approximate surface area is 87.0 Å². The third kappa shape index (κ3) is 3.08. The molecule has 0 aromatic carbocycles. The second-order valence-corrected chi connectivity index (χ2v) is 4.21. The number of aliphatic carboxylic acids is 1. The van der Waals surface area contributed by atoms with E-state index in [9.17, 15) is 4.79 Å². The van der Waals surface area contributed by atoms with E-state index in [1.807, 2.05) is 13.8 Å². The molecule has 1 unspecified atom stereocenters. The quantitative estimate of drug-likeness (QED) is 0.780. The zero-order chi connectivity index (χ0) is 10.6. The van der Waals surface area contributed by atoms with Crippen LogP contribution in [-0.2, 0) is 4.79 Å².